The third-order valence-electron chi connectivity index (χ3n) is 4.43. The number of anilines is 1. The highest BCUT2D eigenvalue weighted by Gasteiger charge is 2.26. The molecule has 4 aromatic rings. The van der Waals surface area contributed by atoms with Crippen molar-refractivity contribution in [2.24, 2.45) is 0 Å². The van der Waals surface area contributed by atoms with E-state index in [0.29, 0.717) is 27.2 Å². The molecule has 0 saturated carbocycles. The monoisotopic (exact) mass is 382 g/mol. The number of aryl methyl sites for hydroxylation is 1. The molecule has 2 aromatic carbocycles. The SMILES string of the molecule is COC(=O)c1c(N)c2oc3ccc(Cl)cc3c2n(-c2cccc(C)c2)c1=O. The predicted molar refractivity (Wildman–Crippen MR) is 105 cm³/mol. The van der Waals surface area contributed by atoms with Crippen LogP contribution in [0.2, 0.25) is 5.02 Å². The van der Waals surface area contributed by atoms with Crippen LogP contribution < -0.4 is 11.3 Å². The van der Waals surface area contributed by atoms with Crippen LogP contribution in [0.3, 0.4) is 0 Å². The minimum absolute atomic E-state index is 0.0573. The van der Waals surface area contributed by atoms with Gasteiger partial charge in [-0.15, -0.1) is 0 Å². The number of nitrogens with zero attached hydrogens (tertiary/aromatic N) is 1. The average Bonchev–Trinajstić information content (AvgIpc) is 3.00. The molecule has 0 unspecified atom stereocenters. The van der Waals surface area contributed by atoms with Crippen LogP contribution >= 0.6 is 11.6 Å². The molecular weight excluding hydrogens is 368 g/mol. The number of aromatic nitrogens is 1. The quantitative estimate of drug-likeness (QED) is 0.528. The van der Waals surface area contributed by atoms with Gasteiger partial charge in [0, 0.05) is 16.1 Å². The second-order valence-corrected chi connectivity index (χ2v) is 6.62. The maximum absolute atomic E-state index is 13.2. The van der Waals surface area contributed by atoms with Crippen LogP contribution in [0, 0.1) is 6.92 Å². The van der Waals surface area contributed by atoms with E-state index in [2.05, 4.69) is 0 Å². The molecular formula is C20H15ClN2O4. The van der Waals surface area contributed by atoms with Gasteiger partial charge in [0.05, 0.1) is 12.8 Å². The molecule has 0 radical (unpaired) electrons. The first kappa shape index (κ1) is 17.2. The zero-order valence-corrected chi connectivity index (χ0v) is 15.3. The molecule has 7 heteroatoms. The molecule has 0 spiro atoms. The molecule has 136 valence electrons. The number of pyridine rings is 1. The van der Waals surface area contributed by atoms with Gasteiger partial charge in [-0.2, -0.15) is 0 Å². The lowest BCUT2D eigenvalue weighted by molar-refractivity contribution is 0.0599. The molecule has 27 heavy (non-hydrogen) atoms. The van der Waals surface area contributed by atoms with Crippen LogP contribution in [0.25, 0.3) is 27.8 Å². The summed E-state index contributed by atoms with van der Waals surface area (Å²) in [5.41, 5.74) is 7.95. The summed E-state index contributed by atoms with van der Waals surface area (Å²) < 4.78 is 12.0. The van der Waals surface area contributed by atoms with E-state index in [-0.39, 0.29) is 16.8 Å². The first-order valence-electron chi connectivity index (χ1n) is 8.14. The molecule has 0 fully saturated rings. The van der Waals surface area contributed by atoms with Gasteiger partial charge in [0.1, 0.15) is 11.1 Å². The number of benzene rings is 2. The number of carbonyl (C=O) groups excluding carboxylic acids is 1. The van der Waals surface area contributed by atoms with Crippen molar-refractivity contribution in [1.82, 2.24) is 4.57 Å². The second kappa shape index (κ2) is 6.17. The first-order chi connectivity index (χ1) is 12.9. The minimum Gasteiger partial charge on any atom is -0.465 e. The molecule has 2 aromatic heterocycles. The summed E-state index contributed by atoms with van der Waals surface area (Å²) in [4.78, 5) is 25.5. The van der Waals surface area contributed by atoms with Crippen LogP contribution in [0.5, 0.6) is 0 Å². The van der Waals surface area contributed by atoms with Gasteiger partial charge in [-0.05, 0) is 42.8 Å². The number of hydrogen-bond donors (Lipinski definition) is 1. The Morgan fingerprint density at radius 3 is 2.70 bits per heavy atom. The molecule has 6 nitrogen and oxygen atoms in total. The molecule has 0 aliphatic carbocycles. The molecule has 0 amide bonds. The number of methoxy groups -OCH3 is 1. The number of hydrogen-bond acceptors (Lipinski definition) is 5. The Bertz CT molecular complexity index is 1290. The normalized spacial score (nSPS) is 11.2. The van der Waals surface area contributed by atoms with Crippen molar-refractivity contribution in [1.29, 1.82) is 0 Å². The standard InChI is InChI=1S/C20H15ClN2O4/c1-10-4-3-5-12(8-10)23-17-13-9-11(21)6-7-14(13)27-18(17)16(22)15(19(23)24)20(25)26-2/h3-9H,22H2,1-2H3. The summed E-state index contributed by atoms with van der Waals surface area (Å²) in [6, 6.07) is 12.4. The maximum Gasteiger partial charge on any atom is 0.345 e. The third-order valence-corrected chi connectivity index (χ3v) is 4.66. The molecule has 0 bridgehead atoms. The summed E-state index contributed by atoms with van der Waals surface area (Å²) in [6.45, 7) is 1.91. The lowest BCUT2D eigenvalue weighted by Gasteiger charge is -2.12. The summed E-state index contributed by atoms with van der Waals surface area (Å²) in [7, 11) is 1.20. The van der Waals surface area contributed by atoms with E-state index in [4.69, 9.17) is 26.5 Å². The number of halogens is 1. The van der Waals surface area contributed by atoms with E-state index in [1.54, 1.807) is 24.3 Å². The van der Waals surface area contributed by atoms with Crippen LogP contribution in [0.15, 0.2) is 51.7 Å². The lowest BCUT2D eigenvalue weighted by atomic mass is 10.1. The molecule has 2 heterocycles. The van der Waals surface area contributed by atoms with Gasteiger partial charge in [0.25, 0.3) is 5.56 Å². The van der Waals surface area contributed by atoms with Gasteiger partial charge in [-0.25, -0.2) is 4.79 Å². The number of ether oxygens (including phenoxy) is 1. The number of esters is 1. The van der Waals surface area contributed by atoms with Crippen molar-refractivity contribution < 1.29 is 13.9 Å². The van der Waals surface area contributed by atoms with Crippen molar-refractivity contribution >= 4 is 45.3 Å². The third kappa shape index (κ3) is 2.57. The fourth-order valence-electron chi connectivity index (χ4n) is 3.22. The van der Waals surface area contributed by atoms with Gasteiger partial charge in [0.2, 0.25) is 0 Å². The number of furan rings is 1. The van der Waals surface area contributed by atoms with E-state index >= 15 is 0 Å². The highest BCUT2D eigenvalue weighted by atomic mass is 35.5. The number of nitrogens with two attached hydrogens (primary N) is 1. The Hall–Kier alpha value is -3.25. The van der Waals surface area contributed by atoms with Gasteiger partial charge >= 0.3 is 5.97 Å². The van der Waals surface area contributed by atoms with E-state index in [0.717, 1.165) is 5.56 Å². The lowest BCUT2D eigenvalue weighted by Crippen LogP contribution is -2.28. The number of nitrogen functional groups attached to an aromatic ring is 1. The van der Waals surface area contributed by atoms with Crippen LogP contribution in [-0.4, -0.2) is 17.6 Å². The van der Waals surface area contributed by atoms with Gasteiger partial charge in [0.15, 0.2) is 11.1 Å². The predicted octanol–water partition coefficient (Wildman–Crippen LogP) is 4.07. The van der Waals surface area contributed by atoms with Gasteiger partial charge in [-0.1, -0.05) is 23.7 Å². The fraction of sp³-hybridized carbons (Fsp3) is 0.100. The highest BCUT2D eigenvalue weighted by molar-refractivity contribution is 6.31. The zero-order chi connectivity index (χ0) is 19.3. The molecule has 0 saturated heterocycles. The molecule has 0 aliphatic heterocycles. The van der Waals surface area contributed by atoms with Crippen molar-refractivity contribution in [2.45, 2.75) is 6.92 Å². The Morgan fingerprint density at radius 1 is 1.22 bits per heavy atom. The minimum atomic E-state index is -0.820. The van der Waals surface area contributed by atoms with E-state index < -0.39 is 11.5 Å². The van der Waals surface area contributed by atoms with Crippen LogP contribution in [0.4, 0.5) is 5.69 Å². The number of fused-ring (bicyclic) bond motifs is 3. The summed E-state index contributed by atoms with van der Waals surface area (Å²) >= 11 is 6.15. The van der Waals surface area contributed by atoms with E-state index in [1.165, 1.54) is 11.7 Å². The van der Waals surface area contributed by atoms with Crippen molar-refractivity contribution in [3.63, 3.8) is 0 Å². The fourth-order valence-corrected chi connectivity index (χ4v) is 3.39. The van der Waals surface area contributed by atoms with Crippen LogP contribution in [0.1, 0.15) is 15.9 Å². The maximum atomic E-state index is 13.2. The number of rotatable bonds is 2. The first-order valence-corrected chi connectivity index (χ1v) is 8.51. The highest BCUT2D eigenvalue weighted by Crippen LogP contribution is 2.35. The summed E-state index contributed by atoms with van der Waals surface area (Å²) in [6.07, 6.45) is 0. The topological polar surface area (TPSA) is 87.5 Å². The Kier molecular flexibility index (Phi) is 3.93. The summed E-state index contributed by atoms with van der Waals surface area (Å²) in [5, 5.41) is 1.11. The Labute approximate surface area is 158 Å². The van der Waals surface area contributed by atoms with E-state index in [9.17, 15) is 9.59 Å². The zero-order valence-electron chi connectivity index (χ0n) is 14.6. The van der Waals surface area contributed by atoms with Gasteiger partial charge < -0.3 is 14.9 Å². The van der Waals surface area contributed by atoms with Crippen molar-refractivity contribution in [2.75, 3.05) is 12.8 Å². The molecule has 0 atom stereocenters. The second-order valence-electron chi connectivity index (χ2n) is 6.18. The van der Waals surface area contributed by atoms with Crippen molar-refractivity contribution in [3.05, 3.63) is 69.0 Å². The van der Waals surface area contributed by atoms with Gasteiger partial charge in [-0.3, -0.25) is 9.36 Å². The molecule has 4 rings (SSSR count). The van der Waals surface area contributed by atoms with Crippen LogP contribution in [-0.2, 0) is 4.74 Å². The smallest absolute Gasteiger partial charge is 0.345 e. The summed E-state index contributed by atoms with van der Waals surface area (Å²) in [5.74, 6) is -0.820. The average molecular weight is 383 g/mol. The van der Waals surface area contributed by atoms with Crippen molar-refractivity contribution in [3.8, 4) is 5.69 Å². The largest absolute Gasteiger partial charge is 0.465 e. The molecule has 0 aliphatic rings. The Morgan fingerprint density at radius 2 is 2.00 bits per heavy atom. The Balaban J connectivity index is 2.28. The molecule has 2 N–H and O–H groups in total. The number of carbonyl (C=O) groups is 1. The van der Waals surface area contributed by atoms with E-state index in [1.807, 2.05) is 25.1 Å².